The minimum Gasteiger partial charge on any atom is -0.298 e. The minimum absolute atomic E-state index is 0.844. The molecule has 1 nitrogen and oxygen atoms in total. The molecule has 1 radical (unpaired) electrons. The molecule has 0 atom stereocenters. The van der Waals surface area contributed by atoms with Gasteiger partial charge in [0.1, 0.15) is 0 Å². The van der Waals surface area contributed by atoms with Gasteiger partial charge in [-0.2, -0.15) is 0 Å². The Labute approximate surface area is 75.2 Å². The maximum atomic E-state index is 11.4. The van der Waals surface area contributed by atoms with Crippen LogP contribution in [0.2, 0.25) is 19.1 Å². The maximum absolute atomic E-state index is 11.4. The zero-order valence-electron chi connectivity index (χ0n) is 7.71. The Morgan fingerprint density at radius 1 is 1.17 bits per heavy atom. The Bertz CT molecular complexity index is 225. The van der Waals surface area contributed by atoms with Gasteiger partial charge in [-0.25, -0.2) is 0 Å². The minimum atomic E-state index is -2.09. The van der Waals surface area contributed by atoms with E-state index in [9.17, 15) is 4.80 Å². The van der Waals surface area contributed by atoms with Crippen LogP contribution in [-0.2, 0) is 11.2 Å². The van der Waals surface area contributed by atoms with E-state index in [2.05, 4.69) is 12.1 Å². The molecule has 0 aliphatic heterocycles. The van der Waals surface area contributed by atoms with Gasteiger partial charge >= 0.3 is 0 Å². The fourth-order valence-electron chi connectivity index (χ4n) is 1.09. The van der Waals surface area contributed by atoms with Crippen LogP contribution in [0.25, 0.3) is 0 Å². The summed E-state index contributed by atoms with van der Waals surface area (Å²) in [4.78, 5) is 11.4. The zero-order chi connectivity index (χ0) is 9.03. The first-order chi connectivity index (χ1) is 5.58. The molecular weight excluding hydrogens is 164 g/mol. The first kappa shape index (κ1) is 9.48. The standard InChI is InChI=1S/C10H15OSi/c1-12(2,11)9-8-10-6-4-3-5-7-10/h3-7H,8-9H2,1-2H3. The van der Waals surface area contributed by atoms with E-state index in [0.717, 1.165) is 12.5 Å². The summed E-state index contributed by atoms with van der Waals surface area (Å²) in [7, 11) is -2.09. The van der Waals surface area contributed by atoms with E-state index in [0.29, 0.717) is 0 Å². The zero-order valence-corrected chi connectivity index (χ0v) is 8.71. The third-order valence-corrected chi connectivity index (χ3v) is 3.31. The molecule has 0 aliphatic rings. The summed E-state index contributed by atoms with van der Waals surface area (Å²) in [6.07, 6.45) is 0.948. The van der Waals surface area contributed by atoms with Gasteiger partial charge in [-0.05, 0) is 31.1 Å². The van der Waals surface area contributed by atoms with Gasteiger partial charge in [0.05, 0.1) is 0 Å². The van der Waals surface area contributed by atoms with Gasteiger partial charge in [0.25, 0.3) is 0 Å². The van der Waals surface area contributed by atoms with E-state index in [-0.39, 0.29) is 0 Å². The van der Waals surface area contributed by atoms with E-state index in [1.165, 1.54) is 5.56 Å². The van der Waals surface area contributed by atoms with Crippen LogP contribution in [0.15, 0.2) is 30.3 Å². The topological polar surface area (TPSA) is 19.9 Å². The van der Waals surface area contributed by atoms with Crippen molar-refractivity contribution in [3.8, 4) is 0 Å². The molecule has 0 bridgehead atoms. The van der Waals surface area contributed by atoms with E-state index < -0.39 is 8.32 Å². The molecule has 65 valence electrons. The quantitative estimate of drug-likeness (QED) is 0.636. The van der Waals surface area contributed by atoms with E-state index in [1.807, 2.05) is 31.3 Å². The van der Waals surface area contributed by atoms with Gasteiger partial charge < -0.3 is 0 Å². The van der Waals surface area contributed by atoms with Crippen molar-refractivity contribution in [2.24, 2.45) is 0 Å². The van der Waals surface area contributed by atoms with Crippen molar-refractivity contribution in [2.45, 2.75) is 25.6 Å². The van der Waals surface area contributed by atoms with Crippen molar-refractivity contribution < 1.29 is 4.80 Å². The summed E-state index contributed by atoms with van der Waals surface area (Å²) in [5.74, 6) is 0. The number of hydrogen-bond acceptors (Lipinski definition) is 0. The van der Waals surface area contributed by atoms with E-state index in [4.69, 9.17) is 0 Å². The Hall–Kier alpha value is -0.603. The first-order valence-electron chi connectivity index (χ1n) is 4.32. The van der Waals surface area contributed by atoms with Crippen LogP contribution in [-0.4, -0.2) is 8.32 Å². The summed E-state index contributed by atoms with van der Waals surface area (Å²) < 4.78 is 0. The lowest BCUT2D eigenvalue weighted by molar-refractivity contribution is 0.427. The summed E-state index contributed by atoms with van der Waals surface area (Å²) in [6.45, 7) is 3.74. The smallest absolute Gasteiger partial charge is 0.231 e. The van der Waals surface area contributed by atoms with Gasteiger partial charge in [0.15, 0.2) is 0 Å². The van der Waals surface area contributed by atoms with Crippen molar-refractivity contribution in [2.75, 3.05) is 0 Å². The van der Waals surface area contributed by atoms with Crippen LogP contribution in [0.1, 0.15) is 5.56 Å². The summed E-state index contributed by atoms with van der Waals surface area (Å²) in [5, 5.41) is 0. The lowest BCUT2D eigenvalue weighted by atomic mass is 10.2. The number of rotatable bonds is 3. The molecule has 1 rings (SSSR count). The van der Waals surface area contributed by atoms with Crippen LogP contribution in [0.4, 0.5) is 0 Å². The molecule has 0 spiro atoms. The summed E-state index contributed by atoms with van der Waals surface area (Å²) in [5.41, 5.74) is 1.29. The van der Waals surface area contributed by atoms with Gasteiger partial charge in [0.2, 0.25) is 8.32 Å². The second kappa shape index (κ2) is 3.87. The number of benzene rings is 1. The lowest BCUT2D eigenvalue weighted by Gasteiger charge is -2.09. The highest BCUT2D eigenvalue weighted by molar-refractivity contribution is 6.69. The Kier molecular flexibility index (Phi) is 3.06. The highest BCUT2D eigenvalue weighted by Gasteiger charge is 2.18. The monoisotopic (exact) mass is 179 g/mol. The molecule has 0 saturated carbocycles. The normalized spacial score (nSPS) is 11.6. The van der Waals surface area contributed by atoms with Crippen molar-refractivity contribution in [3.63, 3.8) is 0 Å². The Balaban J connectivity index is 2.44. The fourth-order valence-corrected chi connectivity index (χ4v) is 1.98. The predicted octanol–water partition coefficient (Wildman–Crippen LogP) is 2.86. The average Bonchev–Trinajstić information content (AvgIpc) is 2.02. The van der Waals surface area contributed by atoms with E-state index >= 15 is 0 Å². The summed E-state index contributed by atoms with van der Waals surface area (Å²) >= 11 is 0. The molecular formula is C10H15OSi. The average molecular weight is 179 g/mol. The van der Waals surface area contributed by atoms with Crippen LogP contribution in [0.5, 0.6) is 0 Å². The predicted molar refractivity (Wildman–Crippen MR) is 53.1 cm³/mol. The van der Waals surface area contributed by atoms with Gasteiger partial charge in [-0.1, -0.05) is 30.3 Å². The molecule has 0 aromatic heterocycles. The highest BCUT2D eigenvalue weighted by atomic mass is 28.4. The van der Waals surface area contributed by atoms with Gasteiger partial charge in [-0.3, -0.25) is 4.80 Å². The second-order valence-electron chi connectivity index (χ2n) is 3.75. The van der Waals surface area contributed by atoms with Crippen molar-refractivity contribution in [3.05, 3.63) is 35.9 Å². The third kappa shape index (κ3) is 3.69. The molecule has 1 aromatic rings. The third-order valence-electron chi connectivity index (χ3n) is 1.86. The largest absolute Gasteiger partial charge is 0.298 e. The van der Waals surface area contributed by atoms with Crippen LogP contribution in [0.3, 0.4) is 0 Å². The van der Waals surface area contributed by atoms with Crippen molar-refractivity contribution in [1.82, 2.24) is 0 Å². The van der Waals surface area contributed by atoms with Crippen molar-refractivity contribution >= 4 is 8.32 Å². The number of hydrogen-bond donors (Lipinski definition) is 0. The molecule has 0 N–H and O–H groups in total. The molecule has 12 heavy (non-hydrogen) atoms. The molecule has 0 heterocycles. The van der Waals surface area contributed by atoms with Crippen molar-refractivity contribution in [1.29, 1.82) is 0 Å². The molecule has 0 unspecified atom stereocenters. The molecule has 0 aliphatic carbocycles. The molecule has 0 amide bonds. The fraction of sp³-hybridized carbons (Fsp3) is 0.400. The summed E-state index contributed by atoms with van der Waals surface area (Å²) in [6, 6.07) is 11.1. The lowest BCUT2D eigenvalue weighted by Crippen LogP contribution is -2.23. The van der Waals surface area contributed by atoms with Crippen LogP contribution < -0.4 is 0 Å². The maximum Gasteiger partial charge on any atom is 0.231 e. The second-order valence-corrected chi connectivity index (χ2v) is 7.76. The molecule has 0 saturated heterocycles. The first-order valence-corrected chi connectivity index (χ1v) is 7.44. The van der Waals surface area contributed by atoms with Crippen LogP contribution >= 0.6 is 0 Å². The van der Waals surface area contributed by atoms with Crippen LogP contribution in [0, 0.1) is 0 Å². The molecule has 0 fully saturated rings. The SMILES string of the molecule is C[Si](C)([O])CCc1ccccc1. The Morgan fingerprint density at radius 2 is 1.75 bits per heavy atom. The Morgan fingerprint density at radius 3 is 2.25 bits per heavy atom. The molecule has 1 aromatic carbocycles. The van der Waals surface area contributed by atoms with Gasteiger partial charge in [-0.15, -0.1) is 0 Å². The molecule has 2 heteroatoms. The van der Waals surface area contributed by atoms with E-state index in [1.54, 1.807) is 0 Å². The highest BCUT2D eigenvalue weighted by Crippen LogP contribution is 2.11. The number of aryl methyl sites for hydroxylation is 1. The van der Waals surface area contributed by atoms with Gasteiger partial charge in [0, 0.05) is 0 Å².